The van der Waals surface area contributed by atoms with Gasteiger partial charge in [0.15, 0.2) is 11.5 Å². The van der Waals surface area contributed by atoms with Gasteiger partial charge in [0.25, 0.3) is 0 Å². The van der Waals surface area contributed by atoms with Crippen molar-refractivity contribution >= 4 is 13.6 Å². The highest BCUT2D eigenvalue weighted by Crippen LogP contribution is 2.49. The lowest BCUT2D eigenvalue weighted by Gasteiger charge is -2.35. The number of hydrogen-bond donors (Lipinski definition) is 1. The second-order valence-electron chi connectivity index (χ2n) is 5.04. The molecule has 0 radical (unpaired) electrons. The predicted octanol–water partition coefficient (Wildman–Crippen LogP) is 2.92. The molecule has 1 aromatic carbocycles. The molecule has 7 nitrogen and oxygen atoms in total. The number of methoxy groups -OCH3 is 1. The maximum atomic E-state index is 12.3. The second-order valence-corrected chi connectivity index (χ2v) is 6.91. The van der Waals surface area contributed by atoms with Gasteiger partial charge in [-0.3, -0.25) is 9.05 Å². The molecule has 0 saturated carbocycles. The van der Waals surface area contributed by atoms with Crippen molar-refractivity contribution in [3.05, 3.63) is 35.9 Å². The smallest absolute Gasteiger partial charge is 0.454 e. The van der Waals surface area contributed by atoms with Gasteiger partial charge >= 0.3 is 7.75 Å². The van der Waals surface area contributed by atoms with Crippen LogP contribution >= 0.6 is 7.75 Å². The molecule has 0 aromatic heterocycles. The van der Waals surface area contributed by atoms with Crippen LogP contribution in [0.15, 0.2) is 29.6 Å². The predicted molar refractivity (Wildman–Crippen MR) is 88.1 cm³/mol. The summed E-state index contributed by atoms with van der Waals surface area (Å²) in [7, 11) is 2.35. The molecule has 0 amide bonds. The van der Waals surface area contributed by atoms with Crippen molar-refractivity contribution in [1.82, 2.24) is 4.90 Å². The third-order valence-electron chi connectivity index (χ3n) is 3.85. The quantitative estimate of drug-likeness (QED) is 0.656. The number of ether oxygens (including phenoxy) is 1. The molecule has 1 N–H and O–H groups in total. The number of fused-ring (bicyclic) bond motifs is 1. The lowest BCUT2D eigenvalue weighted by Crippen LogP contribution is -2.36. The van der Waals surface area contributed by atoms with Crippen LogP contribution < -0.4 is 4.74 Å². The number of rotatable bonds is 5. The summed E-state index contributed by atoms with van der Waals surface area (Å²) in [6.45, 7) is 3.85. The lowest BCUT2D eigenvalue weighted by atomic mass is 9.91. The van der Waals surface area contributed by atoms with E-state index in [0.717, 1.165) is 11.1 Å². The van der Waals surface area contributed by atoms with E-state index < -0.39 is 7.75 Å². The number of likely N-dealkylation sites (N-methyl/N-ethyl adjacent to an activating group) is 1. The Kier molecular flexibility index (Phi) is 5.14. The maximum Gasteiger partial charge on any atom is 0.454 e. The molecular formula is C15H21N2O5P. The Morgan fingerprint density at radius 1 is 1.39 bits per heavy atom. The Hall–Kier alpha value is -1.82. The van der Waals surface area contributed by atoms with Gasteiger partial charge in [0.2, 0.25) is 0 Å². The van der Waals surface area contributed by atoms with Crippen LogP contribution in [0.1, 0.15) is 17.2 Å². The molecule has 0 aliphatic carbocycles. The van der Waals surface area contributed by atoms with E-state index in [1.807, 2.05) is 11.9 Å². The second kappa shape index (κ2) is 6.74. The zero-order chi connectivity index (χ0) is 17.2. The van der Waals surface area contributed by atoms with E-state index in [1.54, 1.807) is 18.2 Å². The first-order chi connectivity index (χ1) is 10.9. The van der Waals surface area contributed by atoms with Crippen molar-refractivity contribution < 1.29 is 23.5 Å². The third-order valence-corrected chi connectivity index (χ3v) is 5.25. The highest BCUT2D eigenvalue weighted by molar-refractivity contribution is 7.52. The lowest BCUT2D eigenvalue weighted by molar-refractivity contribution is 0.276. The number of phenols is 1. The van der Waals surface area contributed by atoms with E-state index in [-0.39, 0.29) is 11.8 Å². The number of amidine groups is 1. The average molecular weight is 340 g/mol. The molecule has 1 aliphatic rings. The molecular weight excluding hydrogens is 319 g/mol. The number of aromatic hydroxyl groups is 1. The van der Waals surface area contributed by atoms with Crippen molar-refractivity contribution in [1.29, 1.82) is 0 Å². The minimum Gasteiger partial charge on any atom is -0.504 e. The van der Waals surface area contributed by atoms with Gasteiger partial charge in [-0.25, -0.2) is 4.57 Å². The Labute approximate surface area is 135 Å². The fourth-order valence-electron chi connectivity index (χ4n) is 2.57. The number of hydrogen-bond acceptors (Lipinski definition) is 5. The van der Waals surface area contributed by atoms with Gasteiger partial charge in [0.05, 0.1) is 13.2 Å². The Morgan fingerprint density at radius 3 is 2.57 bits per heavy atom. The maximum absolute atomic E-state index is 12.3. The SMILES string of the molecule is C=CC1c2cc(OC)c(O)cc2C/C(=N/P(=O)(OC)OC)N1C. The molecule has 2 rings (SSSR count). The van der Waals surface area contributed by atoms with Crippen molar-refractivity contribution in [3.63, 3.8) is 0 Å². The first-order valence-corrected chi connectivity index (χ1v) is 8.44. The van der Waals surface area contributed by atoms with E-state index >= 15 is 0 Å². The van der Waals surface area contributed by atoms with Gasteiger partial charge in [-0.15, -0.1) is 6.58 Å². The van der Waals surface area contributed by atoms with Gasteiger partial charge in [0, 0.05) is 27.7 Å². The molecule has 1 aromatic rings. The van der Waals surface area contributed by atoms with Crippen molar-refractivity contribution in [3.8, 4) is 11.5 Å². The van der Waals surface area contributed by atoms with Gasteiger partial charge in [-0.05, 0) is 23.3 Å². The van der Waals surface area contributed by atoms with E-state index in [1.165, 1.54) is 21.3 Å². The standard InChI is InChI=1S/C15H21N2O5P/c1-6-12-11-9-14(20-3)13(18)7-10(11)8-15(17(12)2)16-23(19,21-4)22-5/h6-7,9,12,18H,1,8H2,2-5H3/b16-15-. The van der Waals surface area contributed by atoms with Crippen LogP contribution in [0.2, 0.25) is 0 Å². The topological polar surface area (TPSA) is 80.6 Å². The fraction of sp³-hybridized carbons (Fsp3) is 0.400. The summed E-state index contributed by atoms with van der Waals surface area (Å²) in [6, 6.07) is 3.20. The minimum absolute atomic E-state index is 0.0413. The van der Waals surface area contributed by atoms with Gasteiger partial charge in [0.1, 0.15) is 5.84 Å². The van der Waals surface area contributed by atoms with Crippen molar-refractivity contribution in [2.24, 2.45) is 4.76 Å². The van der Waals surface area contributed by atoms with E-state index in [9.17, 15) is 9.67 Å². The molecule has 0 fully saturated rings. The normalized spacial score (nSPS) is 19.6. The minimum atomic E-state index is -3.54. The molecule has 0 saturated heterocycles. The number of nitrogens with zero attached hydrogens (tertiary/aromatic N) is 2. The van der Waals surface area contributed by atoms with Gasteiger partial charge in [-0.2, -0.15) is 4.76 Å². The third kappa shape index (κ3) is 3.27. The molecule has 0 spiro atoms. The Balaban J connectivity index is 2.55. The van der Waals surface area contributed by atoms with Crippen LogP contribution in [0.3, 0.4) is 0 Å². The monoisotopic (exact) mass is 340 g/mol. The van der Waals surface area contributed by atoms with E-state index in [0.29, 0.717) is 18.0 Å². The molecule has 8 heteroatoms. The van der Waals surface area contributed by atoms with Crippen LogP contribution in [0, 0.1) is 0 Å². The largest absolute Gasteiger partial charge is 0.504 e. The van der Waals surface area contributed by atoms with E-state index in [2.05, 4.69) is 11.3 Å². The summed E-state index contributed by atoms with van der Waals surface area (Å²) in [5.74, 6) is 0.961. The summed E-state index contributed by atoms with van der Waals surface area (Å²) in [6.07, 6.45) is 2.12. The van der Waals surface area contributed by atoms with Crippen molar-refractivity contribution in [2.75, 3.05) is 28.4 Å². The van der Waals surface area contributed by atoms with Crippen LogP contribution in [0.25, 0.3) is 0 Å². The average Bonchev–Trinajstić information content (AvgIpc) is 2.55. The van der Waals surface area contributed by atoms with Crippen LogP contribution in [0.4, 0.5) is 0 Å². The molecule has 1 heterocycles. The first-order valence-electron chi connectivity index (χ1n) is 6.94. The highest BCUT2D eigenvalue weighted by Gasteiger charge is 2.31. The van der Waals surface area contributed by atoms with E-state index in [4.69, 9.17) is 13.8 Å². The first kappa shape index (κ1) is 17.5. The van der Waals surface area contributed by atoms with Gasteiger partial charge < -0.3 is 14.7 Å². The zero-order valence-corrected chi connectivity index (χ0v) is 14.5. The summed E-state index contributed by atoms with van der Waals surface area (Å²) in [4.78, 5) is 1.84. The zero-order valence-electron chi connectivity index (χ0n) is 13.6. The van der Waals surface area contributed by atoms with Crippen LogP contribution in [0.5, 0.6) is 11.5 Å². The Bertz CT molecular complexity index is 681. The summed E-state index contributed by atoms with van der Waals surface area (Å²) >= 11 is 0. The molecule has 1 unspecified atom stereocenters. The molecule has 23 heavy (non-hydrogen) atoms. The fourth-order valence-corrected chi connectivity index (χ4v) is 3.38. The molecule has 1 atom stereocenters. The summed E-state index contributed by atoms with van der Waals surface area (Å²) in [5, 5.41) is 9.99. The summed E-state index contributed by atoms with van der Waals surface area (Å²) < 4.78 is 31.4. The highest BCUT2D eigenvalue weighted by atomic mass is 31.2. The summed E-state index contributed by atoms with van der Waals surface area (Å²) in [5.41, 5.74) is 1.80. The number of phenolic OH excluding ortho intramolecular Hbond substituents is 1. The van der Waals surface area contributed by atoms with Gasteiger partial charge in [-0.1, -0.05) is 6.08 Å². The van der Waals surface area contributed by atoms with Crippen molar-refractivity contribution in [2.45, 2.75) is 12.5 Å². The Morgan fingerprint density at radius 2 is 2.04 bits per heavy atom. The molecule has 1 aliphatic heterocycles. The number of benzene rings is 1. The molecule has 0 bridgehead atoms. The van der Waals surface area contributed by atoms with Crippen LogP contribution in [-0.4, -0.2) is 44.2 Å². The molecule has 126 valence electrons. The van der Waals surface area contributed by atoms with Crippen LogP contribution in [-0.2, 0) is 20.0 Å².